The van der Waals surface area contributed by atoms with Crippen molar-refractivity contribution in [3.8, 4) is 0 Å². The highest BCUT2D eigenvalue weighted by atomic mass is 16.6. The van der Waals surface area contributed by atoms with Gasteiger partial charge in [-0.15, -0.1) is 5.10 Å². The Morgan fingerprint density at radius 1 is 1.67 bits per heavy atom. The number of rotatable bonds is 3. The minimum atomic E-state index is -0.380. The summed E-state index contributed by atoms with van der Waals surface area (Å²) in [5.41, 5.74) is 5.87. The SMILES string of the molecule is CC1CCCN(c2nn(C)cc2[N+](=O)[O-])C1CN. The van der Waals surface area contributed by atoms with Gasteiger partial charge in [0.15, 0.2) is 0 Å². The second-order valence-corrected chi connectivity index (χ2v) is 4.88. The average molecular weight is 253 g/mol. The second-order valence-electron chi connectivity index (χ2n) is 4.88. The van der Waals surface area contributed by atoms with Crippen LogP contribution in [-0.4, -0.2) is 33.8 Å². The third-order valence-electron chi connectivity index (χ3n) is 3.62. The van der Waals surface area contributed by atoms with Crippen LogP contribution in [0.25, 0.3) is 0 Å². The summed E-state index contributed by atoms with van der Waals surface area (Å²) in [6, 6.07) is 0.132. The van der Waals surface area contributed by atoms with Gasteiger partial charge in [0.1, 0.15) is 6.20 Å². The van der Waals surface area contributed by atoms with Crippen molar-refractivity contribution in [3.05, 3.63) is 16.3 Å². The molecule has 1 aromatic heterocycles. The molecule has 0 spiro atoms. The van der Waals surface area contributed by atoms with Gasteiger partial charge in [-0.25, -0.2) is 0 Å². The summed E-state index contributed by atoms with van der Waals surface area (Å²) >= 11 is 0. The maximum atomic E-state index is 11.0. The molecule has 18 heavy (non-hydrogen) atoms. The number of nitro groups is 1. The van der Waals surface area contributed by atoms with Crippen LogP contribution in [0.2, 0.25) is 0 Å². The monoisotopic (exact) mass is 253 g/mol. The Morgan fingerprint density at radius 2 is 2.39 bits per heavy atom. The second kappa shape index (κ2) is 4.93. The third-order valence-corrected chi connectivity index (χ3v) is 3.62. The number of nitrogens with two attached hydrogens (primary N) is 1. The van der Waals surface area contributed by atoms with Gasteiger partial charge < -0.3 is 10.6 Å². The van der Waals surface area contributed by atoms with Crippen molar-refractivity contribution >= 4 is 11.5 Å². The van der Waals surface area contributed by atoms with Crippen LogP contribution in [0.4, 0.5) is 11.5 Å². The molecule has 1 aliphatic rings. The fourth-order valence-corrected chi connectivity index (χ4v) is 2.67. The van der Waals surface area contributed by atoms with E-state index in [0.717, 1.165) is 19.4 Å². The third kappa shape index (κ3) is 2.17. The molecule has 1 fully saturated rings. The van der Waals surface area contributed by atoms with E-state index in [9.17, 15) is 10.1 Å². The van der Waals surface area contributed by atoms with Gasteiger partial charge in [0, 0.05) is 26.2 Å². The summed E-state index contributed by atoms with van der Waals surface area (Å²) in [5.74, 6) is 0.884. The fraction of sp³-hybridized carbons (Fsp3) is 0.727. The van der Waals surface area contributed by atoms with E-state index in [0.29, 0.717) is 18.3 Å². The lowest BCUT2D eigenvalue weighted by atomic mass is 9.91. The zero-order chi connectivity index (χ0) is 13.3. The molecule has 7 heteroatoms. The summed E-state index contributed by atoms with van der Waals surface area (Å²) in [7, 11) is 1.70. The van der Waals surface area contributed by atoms with Gasteiger partial charge in [-0.2, -0.15) is 0 Å². The molecule has 0 saturated carbocycles. The molecule has 0 aromatic carbocycles. The molecule has 1 aliphatic heterocycles. The molecule has 2 N–H and O–H groups in total. The van der Waals surface area contributed by atoms with E-state index in [1.165, 1.54) is 10.9 Å². The lowest BCUT2D eigenvalue weighted by Gasteiger charge is -2.39. The Hall–Kier alpha value is -1.63. The Balaban J connectivity index is 2.37. The van der Waals surface area contributed by atoms with Crippen molar-refractivity contribution in [1.29, 1.82) is 0 Å². The smallest absolute Gasteiger partial charge is 0.330 e. The lowest BCUT2D eigenvalue weighted by Crippen LogP contribution is -2.49. The molecular weight excluding hydrogens is 234 g/mol. The zero-order valence-corrected chi connectivity index (χ0v) is 10.7. The van der Waals surface area contributed by atoms with Crippen LogP contribution in [-0.2, 0) is 7.05 Å². The summed E-state index contributed by atoms with van der Waals surface area (Å²) in [4.78, 5) is 12.7. The van der Waals surface area contributed by atoms with E-state index >= 15 is 0 Å². The van der Waals surface area contributed by atoms with Crippen LogP contribution in [0, 0.1) is 16.0 Å². The standard InChI is InChI=1S/C11H19N5O2/c1-8-4-3-5-15(9(8)6-12)11-10(16(17)18)7-14(2)13-11/h7-9H,3-6,12H2,1-2H3. The minimum Gasteiger partial charge on any atom is -0.345 e. The maximum absolute atomic E-state index is 11.0. The Bertz CT molecular complexity index is 445. The quantitative estimate of drug-likeness (QED) is 0.638. The van der Waals surface area contributed by atoms with Crippen molar-refractivity contribution in [2.75, 3.05) is 18.0 Å². The lowest BCUT2D eigenvalue weighted by molar-refractivity contribution is -0.384. The molecule has 0 bridgehead atoms. The largest absolute Gasteiger partial charge is 0.345 e. The first-order valence-electron chi connectivity index (χ1n) is 6.19. The molecule has 7 nitrogen and oxygen atoms in total. The number of nitrogens with zero attached hydrogens (tertiary/aromatic N) is 4. The van der Waals surface area contributed by atoms with E-state index in [-0.39, 0.29) is 16.7 Å². The van der Waals surface area contributed by atoms with Crippen molar-refractivity contribution in [3.63, 3.8) is 0 Å². The first-order chi connectivity index (χ1) is 8.54. The molecule has 2 atom stereocenters. The molecule has 2 unspecified atom stereocenters. The predicted molar refractivity (Wildman–Crippen MR) is 68.4 cm³/mol. The van der Waals surface area contributed by atoms with Gasteiger partial charge in [0.05, 0.1) is 4.92 Å². The number of hydrogen-bond donors (Lipinski definition) is 1. The number of hydrogen-bond acceptors (Lipinski definition) is 5. The summed E-state index contributed by atoms with van der Waals surface area (Å²) in [6.07, 6.45) is 3.58. The minimum absolute atomic E-state index is 0.0602. The van der Waals surface area contributed by atoms with E-state index in [4.69, 9.17) is 5.73 Å². The molecule has 1 aromatic rings. The topological polar surface area (TPSA) is 90.2 Å². The van der Waals surface area contributed by atoms with E-state index in [1.807, 2.05) is 4.90 Å². The molecule has 0 amide bonds. The fourth-order valence-electron chi connectivity index (χ4n) is 2.67. The molecular formula is C11H19N5O2. The highest BCUT2D eigenvalue weighted by Gasteiger charge is 2.33. The van der Waals surface area contributed by atoms with E-state index in [1.54, 1.807) is 7.05 Å². The summed E-state index contributed by atoms with van der Waals surface area (Å²) in [6.45, 7) is 3.41. The number of piperidine rings is 1. The average Bonchev–Trinajstić information content (AvgIpc) is 2.71. The first-order valence-corrected chi connectivity index (χ1v) is 6.19. The van der Waals surface area contributed by atoms with Crippen molar-refractivity contribution < 1.29 is 4.92 Å². The molecule has 0 aliphatic carbocycles. The van der Waals surface area contributed by atoms with Crippen molar-refractivity contribution in [2.24, 2.45) is 18.7 Å². The molecule has 0 radical (unpaired) electrons. The van der Waals surface area contributed by atoms with Gasteiger partial charge in [-0.05, 0) is 18.8 Å². The van der Waals surface area contributed by atoms with Gasteiger partial charge in [0.2, 0.25) is 5.82 Å². The van der Waals surface area contributed by atoms with Gasteiger partial charge >= 0.3 is 5.69 Å². The number of aromatic nitrogens is 2. The highest BCUT2D eigenvalue weighted by Crippen LogP contribution is 2.33. The molecule has 1 saturated heterocycles. The van der Waals surface area contributed by atoms with Crippen molar-refractivity contribution in [1.82, 2.24) is 9.78 Å². The van der Waals surface area contributed by atoms with Crippen LogP contribution in [0.3, 0.4) is 0 Å². The van der Waals surface area contributed by atoms with Gasteiger partial charge in [-0.1, -0.05) is 6.92 Å². The van der Waals surface area contributed by atoms with Gasteiger partial charge in [-0.3, -0.25) is 14.8 Å². The van der Waals surface area contributed by atoms with Gasteiger partial charge in [0.25, 0.3) is 0 Å². The zero-order valence-electron chi connectivity index (χ0n) is 10.7. The number of anilines is 1. The molecule has 100 valence electrons. The van der Waals surface area contributed by atoms with E-state index in [2.05, 4.69) is 12.0 Å². The highest BCUT2D eigenvalue weighted by molar-refractivity contribution is 5.57. The predicted octanol–water partition coefficient (Wildman–Crippen LogP) is 0.892. The van der Waals surface area contributed by atoms with E-state index < -0.39 is 0 Å². The maximum Gasteiger partial charge on any atom is 0.330 e. The van der Waals surface area contributed by atoms with Crippen LogP contribution < -0.4 is 10.6 Å². The molecule has 2 heterocycles. The van der Waals surface area contributed by atoms with Crippen LogP contribution in [0.15, 0.2) is 6.20 Å². The Kier molecular flexibility index (Phi) is 3.51. The summed E-state index contributed by atoms with van der Waals surface area (Å²) in [5, 5.41) is 15.3. The van der Waals surface area contributed by atoms with Crippen LogP contribution in [0.5, 0.6) is 0 Å². The Labute approximate surface area is 106 Å². The normalized spacial score (nSPS) is 24.3. The van der Waals surface area contributed by atoms with Crippen molar-refractivity contribution in [2.45, 2.75) is 25.8 Å². The Morgan fingerprint density at radius 3 is 3.00 bits per heavy atom. The van der Waals surface area contributed by atoms with Crippen LogP contribution in [0.1, 0.15) is 19.8 Å². The molecule has 2 rings (SSSR count). The van der Waals surface area contributed by atoms with Crippen LogP contribution >= 0.6 is 0 Å². The summed E-state index contributed by atoms with van der Waals surface area (Å²) < 4.78 is 1.49. The first kappa shape index (κ1) is 12.8. The number of aryl methyl sites for hydroxylation is 1.